The molecule has 6 heteroatoms. The molecule has 0 saturated carbocycles. The highest BCUT2D eigenvalue weighted by atomic mass is 15.3. The first-order valence-corrected chi connectivity index (χ1v) is 5.95. The van der Waals surface area contributed by atoms with E-state index in [2.05, 4.69) is 20.7 Å². The third-order valence-corrected chi connectivity index (χ3v) is 2.62. The highest BCUT2D eigenvalue weighted by molar-refractivity contribution is 5.63. The van der Waals surface area contributed by atoms with Gasteiger partial charge in [0.25, 0.3) is 0 Å². The minimum Gasteiger partial charge on any atom is -0.378 e. The molecule has 0 saturated heterocycles. The third kappa shape index (κ3) is 3.32. The lowest BCUT2D eigenvalue weighted by Gasteiger charge is -2.14. The number of rotatable bonds is 4. The van der Waals surface area contributed by atoms with Crippen LogP contribution in [0, 0.1) is 6.92 Å². The first kappa shape index (κ1) is 13.1. The average molecular weight is 258 g/mol. The van der Waals surface area contributed by atoms with Crippen LogP contribution in [0.25, 0.3) is 0 Å². The first-order valence-electron chi connectivity index (χ1n) is 5.95. The molecule has 0 aliphatic carbocycles. The van der Waals surface area contributed by atoms with Gasteiger partial charge >= 0.3 is 0 Å². The molecule has 0 radical (unpaired) electrons. The summed E-state index contributed by atoms with van der Waals surface area (Å²) in [6.45, 7) is 1.89. The van der Waals surface area contributed by atoms with Crippen LogP contribution in [0.5, 0.6) is 0 Å². The van der Waals surface area contributed by atoms with Crippen LogP contribution in [0.1, 0.15) is 5.69 Å². The minimum absolute atomic E-state index is 0.395. The van der Waals surface area contributed by atoms with Gasteiger partial charge in [-0.1, -0.05) is 6.07 Å². The topological polar surface area (TPSA) is 79.1 Å². The van der Waals surface area contributed by atoms with Crippen LogP contribution in [-0.2, 0) is 0 Å². The van der Waals surface area contributed by atoms with E-state index >= 15 is 0 Å². The van der Waals surface area contributed by atoms with Gasteiger partial charge < -0.3 is 10.2 Å². The van der Waals surface area contributed by atoms with E-state index in [-0.39, 0.29) is 0 Å². The van der Waals surface area contributed by atoms with Crippen molar-refractivity contribution in [2.24, 2.45) is 5.84 Å². The van der Waals surface area contributed by atoms with Crippen molar-refractivity contribution < 1.29 is 0 Å². The number of benzene rings is 1. The predicted octanol–water partition coefficient (Wildman–Crippen LogP) is 1.88. The summed E-state index contributed by atoms with van der Waals surface area (Å²) in [5, 5.41) is 3.24. The number of hydrazine groups is 1. The van der Waals surface area contributed by atoms with Crippen LogP contribution in [0.4, 0.5) is 23.1 Å². The van der Waals surface area contributed by atoms with E-state index in [1.807, 2.05) is 56.3 Å². The third-order valence-electron chi connectivity index (χ3n) is 2.62. The van der Waals surface area contributed by atoms with Gasteiger partial charge in [0.05, 0.1) is 0 Å². The summed E-state index contributed by atoms with van der Waals surface area (Å²) >= 11 is 0. The van der Waals surface area contributed by atoms with Gasteiger partial charge in [0, 0.05) is 37.2 Å². The number of nitrogen functional groups attached to an aromatic ring is 1. The summed E-state index contributed by atoms with van der Waals surface area (Å²) in [4.78, 5) is 10.4. The molecule has 4 N–H and O–H groups in total. The Labute approximate surface area is 112 Å². The van der Waals surface area contributed by atoms with Gasteiger partial charge in [-0.3, -0.25) is 5.43 Å². The molecule has 6 nitrogen and oxygen atoms in total. The monoisotopic (exact) mass is 258 g/mol. The fourth-order valence-electron chi connectivity index (χ4n) is 1.71. The summed E-state index contributed by atoms with van der Waals surface area (Å²) in [7, 11) is 4.01. The lowest BCUT2D eigenvalue weighted by molar-refractivity contribution is 1.07. The Kier molecular flexibility index (Phi) is 3.82. The maximum absolute atomic E-state index is 5.34. The Morgan fingerprint density at radius 2 is 1.95 bits per heavy atom. The number of hydrogen-bond acceptors (Lipinski definition) is 6. The van der Waals surface area contributed by atoms with Crippen LogP contribution in [-0.4, -0.2) is 24.1 Å². The molecule has 1 aromatic carbocycles. The van der Waals surface area contributed by atoms with Gasteiger partial charge in [-0.05, 0) is 25.1 Å². The second kappa shape index (κ2) is 5.53. The summed E-state index contributed by atoms with van der Waals surface area (Å²) in [6.07, 6.45) is 0. The quantitative estimate of drug-likeness (QED) is 0.574. The summed E-state index contributed by atoms with van der Waals surface area (Å²) < 4.78 is 0. The molecule has 2 rings (SSSR count). The lowest BCUT2D eigenvalue weighted by atomic mass is 10.2. The number of aryl methyl sites for hydroxylation is 1. The molecule has 1 heterocycles. The largest absolute Gasteiger partial charge is 0.378 e. The van der Waals surface area contributed by atoms with Gasteiger partial charge in [0.2, 0.25) is 5.95 Å². The smallest absolute Gasteiger partial charge is 0.239 e. The molecule has 0 amide bonds. The van der Waals surface area contributed by atoms with Crippen LogP contribution >= 0.6 is 0 Å². The Balaban J connectivity index is 2.25. The molecule has 0 spiro atoms. The number of anilines is 4. The Bertz CT molecular complexity index is 567. The maximum atomic E-state index is 5.34. The molecule has 0 unspecified atom stereocenters. The Morgan fingerprint density at radius 3 is 2.63 bits per heavy atom. The molecule has 0 aliphatic heterocycles. The van der Waals surface area contributed by atoms with E-state index in [1.165, 1.54) is 0 Å². The van der Waals surface area contributed by atoms with Gasteiger partial charge in [-0.25, -0.2) is 10.8 Å². The zero-order chi connectivity index (χ0) is 13.8. The number of nitrogens with zero attached hydrogens (tertiary/aromatic N) is 3. The van der Waals surface area contributed by atoms with Crippen molar-refractivity contribution in [1.82, 2.24) is 9.97 Å². The molecule has 0 fully saturated rings. The van der Waals surface area contributed by atoms with Crippen molar-refractivity contribution in [3.63, 3.8) is 0 Å². The van der Waals surface area contributed by atoms with Gasteiger partial charge in [-0.15, -0.1) is 0 Å². The van der Waals surface area contributed by atoms with Crippen LogP contribution in [0.15, 0.2) is 30.3 Å². The normalized spacial score (nSPS) is 10.1. The maximum Gasteiger partial charge on any atom is 0.239 e. The highest BCUT2D eigenvalue weighted by Crippen LogP contribution is 2.21. The Hall–Kier alpha value is -2.34. The van der Waals surface area contributed by atoms with E-state index in [9.17, 15) is 0 Å². The number of hydrogen-bond donors (Lipinski definition) is 3. The zero-order valence-corrected chi connectivity index (χ0v) is 11.3. The van der Waals surface area contributed by atoms with Crippen molar-refractivity contribution in [3.05, 3.63) is 36.0 Å². The molecule has 0 aliphatic rings. The molecule has 0 bridgehead atoms. The summed E-state index contributed by atoms with van der Waals surface area (Å²) in [5.74, 6) is 6.44. The van der Waals surface area contributed by atoms with E-state index in [4.69, 9.17) is 5.84 Å². The number of nitrogens with one attached hydrogen (secondary N) is 2. The fraction of sp³-hybridized carbons (Fsp3) is 0.231. The molecule has 19 heavy (non-hydrogen) atoms. The van der Waals surface area contributed by atoms with E-state index in [0.717, 1.165) is 17.1 Å². The SMILES string of the molecule is Cc1cc(Nc2cccc(N(C)C)c2)nc(NN)n1. The molecule has 0 atom stereocenters. The highest BCUT2D eigenvalue weighted by Gasteiger charge is 2.03. The standard InChI is InChI=1S/C13H18N6/c1-9-7-12(17-13(15-9)18-14)16-10-5-4-6-11(8-10)19(2)3/h4-8H,14H2,1-3H3,(H2,15,16,17,18). The molecule has 100 valence electrons. The molecule has 2 aromatic rings. The second-order valence-corrected chi connectivity index (χ2v) is 4.43. The van der Waals surface area contributed by atoms with Crippen LogP contribution < -0.4 is 21.5 Å². The van der Waals surface area contributed by atoms with E-state index < -0.39 is 0 Å². The molecular weight excluding hydrogens is 240 g/mol. The second-order valence-electron chi connectivity index (χ2n) is 4.43. The van der Waals surface area contributed by atoms with Crippen LogP contribution in [0.3, 0.4) is 0 Å². The van der Waals surface area contributed by atoms with Crippen molar-refractivity contribution >= 4 is 23.1 Å². The van der Waals surface area contributed by atoms with Crippen molar-refractivity contribution in [2.75, 3.05) is 29.7 Å². The summed E-state index contributed by atoms with van der Waals surface area (Å²) in [6, 6.07) is 9.94. The van der Waals surface area contributed by atoms with Gasteiger partial charge in [0.1, 0.15) is 5.82 Å². The van der Waals surface area contributed by atoms with Gasteiger partial charge in [-0.2, -0.15) is 4.98 Å². The lowest BCUT2D eigenvalue weighted by Crippen LogP contribution is -2.12. The average Bonchev–Trinajstić information content (AvgIpc) is 2.38. The molecular formula is C13H18N6. The number of aromatic nitrogens is 2. The van der Waals surface area contributed by atoms with E-state index in [0.29, 0.717) is 11.8 Å². The summed E-state index contributed by atoms with van der Waals surface area (Å²) in [5.41, 5.74) is 5.38. The molecule has 1 aromatic heterocycles. The predicted molar refractivity (Wildman–Crippen MR) is 78.6 cm³/mol. The van der Waals surface area contributed by atoms with Gasteiger partial charge in [0.15, 0.2) is 0 Å². The first-order chi connectivity index (χ1) is 9.08. The zero-order valence-electron chi connectivity index (χ0n) is 11.3. The minimum atomic E-state index is 0.395. The van der Waals surface area contributed by atoms with Crippen molar-refractivity contribution in [1.29, 1.82) is 0 Å². The fourth-order valence-corrected chi connectivity index (χ4v) is 1.71. The Morgan fingerprint density at radius 1 is 1.16 bits per heavy atom. The van der Waals surface area contributed by atoms with E-state index in [1.54, 1.807) is 0 Å². The van der Waals surface area contributed by atoms with Crippen LogP contribution in [0.2, 0.25) is 0 Å². The van der Waals surface area contributed by atoms with Crippen molar-refractivity contribution in [3.8, 4) is 0 Å². The number of nitrogens with two attached hydrogens (primary N) is 1. The van der Waals surface area contributed by atoms with Crippen molar-refractivity contribution in [2.45, 2.75) is 6.92 Å².